The smallest absolute Gasteiger partial charge is 0.451 e. The van der Waals surface area contributed by atoms with E-state index in [1.807, 2.05) is 17.2 Å². The number of piperidine rings is 1. The van der Waals surface area contributed by atoms with Gasteiger partial charge >= 0.3 is 6.18 Å². The van der Waals surface area contributed by atoms with Crippen LogP contribution in [0.25, 0.3) is 11.4 Å². The zero-order valence-corrected chi connectivity index (χ0v) is 24.3. The average molecular weight is 626 g/mol. The summed E-state index contributed by atoms with van der Waals surface area (Å²) in [6.07, 6.45) is 0.608. The molecule has 0 unspecified atom stereocenters. The first-order chi connectivity index (χ1) is 21.1. The number of ether oxygens (including phenoxy) is 1. The minimum absolute atomic E-state index is 0.0405. The number of likely N-dealkylation sites (tertiary alicyclic amines) is 1. The fourth-order valence-electron chi connectivity index (χ4n) is 5.45. The van der Waals surface area contributed by atoms with Gasteiger partial charge in [-0.3, -0.25) is 15.0 Å². The number of aromatic amines is 1. The Labute approximate surface area is 256 Å². The van der Waals surface area contributed by atoms with Gasteiger partial charge in [0.25, 0.3) is 0 Å². The lowest BCUT2D eigenvalue weighted by atomic mass is 9.92. The third-order valence-corrected chi connectivity index (χ3v) is 8.44. The van der Waals surface area contributed by atoms with E-state index in [2.05, 4.69) is 31.0 Å². The van der Waals surface area contributed by atoms with Gasteiger partial charge in [0.2, 0.25) is 11.7 Å². The molecule has 0 bridgehead atoms. The Balaban J connectivity index is 1.11. The van der Waals surface area contributed by atoms with Gasteiger partial charge < -0.3 is 4.74 Å². The van der Waals surface area contributed by atoms with Gasteiger partial charge in [0.05, 0.1) is 17.2 Å². The highest BCUT2D eigenvalue weighted by Crippen LogP contribution is 2.48. The van der Waals surface area contributed by atoms with Gasteiger partial charge in [0, 0.05) is 46.6 Å². The molecule has 1 saturated carbocycles. The number of pyridine rings is 2. The standard InChI is InChI=1S/C31H28ClF4N7O/c32-23-5-4-20(24(33)13-23)17-44-27-3-1-2-25(39-27)19-6-10-43(11-7-19)16-26-21(14-30(18-37)8-9-30)12-22(15-38-26)28-40-29(42-41-28)31(34,35)36/h1-5,12-13,15,19H,6-11,14,16-17H2,(H,40,41,42). The number of hydrogen-bond donors (Lipinski definition) is 1. The van der Waals surface area contributed by atoms with Crippen molar-refractivity contribution >= 4 is 11.6 Å². The number of alkyl halides is 3. The summed E-state index contributed by atoms with van der Waals surface area (Å²) < 4.78 is 59.1. The maximum atomic E-state index is 14.1. The minimum atomic E-state index is -4.63. The predicted octanol–water partition coefficient (Wildman–Crippen LogP) is 6.88. The van der Waals surface area contributed by atoms with Crippen LogP contribution >= 0.6 is 11.6 Å². The van der Waals surface area contributed by atoms with Crippen molar-refractivity contribution in [2.24, 2.45) is 5.41 Å². The SMILES string of the molecule is N#CC1(Cc2cc(-c3n[nH]c(C(F)(F)F)n3)cnc2CN2CCC(c3cccc(OCc4ccc(Cl)cc4F)n3)CC2)CC1. The second-order valence-corrected chi connectivity index (χ2v) is 11.8. The summed E-state index contributed by atoms with van der Waals surface area (Å²) in [6.45, 7) is 2.17. The van der Waals surface area contributed by atoms with Crippen LogP contribution in [0.1, 0.15) is 59.9 Å². The van der Waals surface area contributed by atoms with Crippen LogP contribution in [-0.2, 0) is 25.7 Å². The Morgan fingerprint density at radius 3 is 2.57 bits per heavy atom. The third kappa shape index (κ3) is 6.84. The molecule has 44 heavy (non-hydrogen) atoms. The molecule has 0 atom stereocenters. The van der Waals surface area contributed by atoms with Gasteiger partial charge in [0.1, 0.15) is 12.4 Å². The molecule has 2 aliphatic rings. The lowest BCUT2D eigenvalue weighted by molar-refractivity contribution is -0.144. The Bertz CT molecular complexity index is 1690. The van der Waals surface area contributed by atoms with E-state index in [1.165, 1.54) is 12.3 Å². The Morgan fingerprint density at radius 1 is 1.09 bits per heavy atom. The van der Waals surface area contributed by atoms with E-state index in [1.54, 1.807) is 24.3 Å². The molecule has 6 rings (SSSR count). The van der Waals surface area contributed by atoms with Gasteiger partial charge in [-0.15, -0.1) is 0 Å². The van der Waals surface area contributed by atoms with E-state index in [0.29, 0.717) is 35.0 Å². The summed E-state index contributed by atoms with van der Waals surface area (Å²) in [5.74, 6) is -1.04. The summed E-state index contributed by atoms with van der Waals surface area (Å²) in [7, 11) is 0. The molecule has 1 aliphatic heterocycles. The Hall–Kier alpha value is -4.08. The largest absolute Gasteiger partial charge is 0.473 e. The van der Waals surface area contributed by atoms with Crippen LogP contribution in [0, 0.1) is 22.6 Å². The van der Waals surface area contributed by atoms with Crippen LogP contribution < -0.4 is 4.74 Å². The molecular formula is C31H28ClF4N7O. The highest BCUT2D eigenvalue weighted by molar-refractivity contribution is 6.30. The summed E-state index contributed by atoms with van der Waals surface area (Å²) in [5, 5.41) is 15.7. The molecule has 4 aromatic rings. The molecular weight excluding hydrogens is 598 g/mol. The molecule has 1 saturated heterocycles. The van der Waals surface area contributed by atoms with Crippen molar-refractivity contribution in [3.05, 3.63) is 87.8 Å². The van der Waals surface area contributed by atoms with Crippen LogP contribution in [0.15, 0.2) is 48.7 Å². The highest BCUT2D eigenvalue weighted by Gasteiger charge is 2.44. The molecule has 1 aromatic carbocycles. The second-order valence-electron chi connectivity index (χ2n) is 11.4. The van der Waals surface area contributed by atoms with E-state index in [4.69, 9.17) is 16.3 Å². The number of H-pyrrole nitrogens is 1. The van der Waals surface area contributed by atoms with Gasteiger partial charge in [-0.2, -0.15) is 23.5 Å². The number of nitrogens with zero attached hydrogens (tertiary/aromatic N) is 6. The van der Waals surface area contributed by atoms with Gasteiger partial charge in [0.15, 0.2) is 5.82 Å². The van der Waals surface area contributed by atoms with Crippen molar-refractivity contribution in [1.29, 1.82) is 5.26 Å². The number of nitrogens with one attached hydrogen (secondary N) is 1. The van der Waals surface area contributed by atoms with Crippen molar-refractivity contribution < 1.29 is 22.3 Å². The van der Waals surface area contributed by atoms with Crippen molar-refractivity contribution in [2.75, 3.05) is 13.1 Å². The number of benzene rings is 1. The zero-order chi connectivity index (χ0) is 30.9. The maximum absolute atomic E-state index is 14.1. The van der Waals surface area contributed by atoms with Crippen molar-refractivity contribution in [3.63, 3.8) is 0 Å². The van der Waals surface area contributed by atoms with E-state index in [9.17, 15) is 22.8 Å². The monoisotopic (exact) mass is 625 g/mol. The van der Waals surface area contributed by atoms with E-state index < -0.39 is 23.2 Å². The van der Waals surface area contributed by atoms with E-state index >= 15 is 0 Å². The van der Waals surface area contributed by atoms with E-state index in [-0.39, 0.29) is 18.3 Å². The van der Waals surface area contributed by atoms with E-state index in [0.717, 1.165) is 55.7 Å². The fourth-order valence-corrected chi connectivity index (χ4v) is 5.60. The lowest BCUT2D eigenvalue weighted by Crippen LogP contribution is -2.33. The molecule has 0 amide bonds. The zero-order valence-electron chi connectivity index (χ0n) is 23.5. The van der Waals surface area contributed by atoms with Crippen LogP contribution in [-0.4, -0.2) is 43.1 Å². The summed E-state index contributed by atoms with van der Waals surface area (Å²) in [4.78, 5) is 15.2. The van der Waals surface area contributed by atoms with Crippen LogP contribution in [0.2, 0.25) is 5.02 Å². The number of rotatable bonds is 9. The first kappa shape index (κ1) is 30.0. The summed E-state index contributed by atoms with van der Waals surface area (Å²) in [5.41, 5.74) is 2.83. The molecule has 13 heteroatoms. The Morgan fingerprint density at radius 2 is 1.89 bits per heavy atom. The van der Waals surface area contributed by atoms with Gasteiger partial charge in [-0.05, 0) is 75.0 Å². The van der Waals surface area contributed by atoms with Crippen molar-refractivity contribution in [1.82, 2.24) is 30.0 Å². The Kier molecular flexibility index (Phi) is 8.26. The van der Waals surface area contributed by atoms with Gasteiger partial charge in [-0.1, -0.05) is 23.7 Å². The van der Waals surface area contributed by atoms with Crippen molar-refractivity contribution in [3.8, 4) is 23.3 Å². The molecule has 0 radical (unpaired) electrons. The average Bonchev–Trinajstić information content (AvgIpc) is 3.59. The van der Waals surface area contributed by atoms with Crippen molar-refractivity contribution in [2.45, 2.75) is 57.3 Å². The molecule has 228 valence electrons. The topological polar surface area (TPSA) is 104 Å². The highest BCUT2D eigenvalue weighted by atomic mass is 35.5. The third-order valence-electron chi connectivity index (χ3n) is 8.21. The summed E-state index contributed by atoms with van der Waals surface area (Å²) >= 11 is 5.83. The second kappa shape index (κ2) is 12.1. The van der Waals surface area contributed by atoms with Crippen LogP contribution in [0.4, 0.5) is 17.6 Å². The molecule has 0 spiro atoms. The van der Waals surface area contributed by atoms with Crippen LogP contribution in [0.5, 0.6) is 5.88 Å². The molecule has 8 nitrogen and oxygen atoms in total. The fraction of sp³-hybridized carbons (Fsp3) is 0.387. The minimum Gasteiger partial charge on any atom is -0.473 e. The first-order valence-corrected chi connectivity index (χ1v) is 14.6. The molecule has 1 N–H and O–H groups in total. The lowest BCUT2D eigenvalue weighted by Gasteiger charge is -2.32. The summed E-state index contributed by atoms with van der Waals surface area (Å²) in [6, 6.07) is 14.2. The quantitative estimate of drug-likeness (QED) is 0.202. The molecule has 1 aliphatic carbocycles. The number of hydrogen-bond acceptors (Lipinski definition) is 7. The number of nitriles is 1. The van der Waals surface area contributed by atoms with Gasteiger partial charge in [-0.25, -0.2) is 14.4 Å². The maximum Gasteiger partial charge on any atom is 0.451 e. The molecule has 4 heterocycles. The molecule has 3 aromatic heterocycles. The number of halogens is 5. The normalized spacial score (nSPS) is 16.9. The first-order valence-electron chi connectivity index (χ1n) is 14.3. The molecule has 2 fully saturated rings. The predicted molar refractivity (Wildman–Crippen MR) is 153 cm³/mol. The number of aromatic nitrogens is 5. The van der Waals surface area contributed by atoms with Crippen LogP contribution in [0.3, 0.4) is 0 Å².